The van der Waals surface area contributed by atoms with E-state index < -0.39 is 0 Å². The van der Waals surface area contributed by atoms with Crippen molar-refractivity contribution in [2.24, 2.45) is 5.92 Å². The quantitative estimate of drug-likeness (QED) is 0.666. The van der Waals surface area contributed by atoms with Gasteiger partial charge in [0.05, 0.1) is 13.2 Å². The molecule has 162 valence electrons. The van der Waals surface area contributed by atoms with Crippen molar-refractivity contribution in [1.29, 1.82) is 0 Å². The second-order valence-electron chi connectivity index (χ2n) is 8.56. The van der Waals surface area contributed by atoms with Crippen LogP contribution in [0.25, 0.3) is 0 Å². The molecule has 3 saturated heterocycles. The van der Waals surface area contributed by atoms with Gasteiger partial charge < -0.3 is 19.1 Å². The molecule has 3 fully saturated rings. The van der Waals surface area contributed by atoms with Crippen molar-refractivity contribution in [3.63, 3.8) is 0 Å². The average molecular weight is 421 g/mol. The first-order chi connectivity index (χ1) is 15.2. The number of carbonyl (C=O) groups is 2. The number of ketones is 1. The van der Waals surface area contributed by atoms with Crippen LogP contribution in [0.3, 0.4) is 0 Å². The normalized spacial score (nSPS) is 25.5. The number of benzene rings is 2. The summed E-state index contributed by atoms with van der Waals surface area (Å²) in [4.78, 5) is 27.9. The fourth-order valence-electron chi connectivity index (χ4n) is 5.11. The third kappa shape index (κ3) is 4.23. The van der Waals surface area contributed by atoms with Crippen molar-refractivity contribution < 1.29 is 23.8 Å². The van der Waals surface area contributed by atoms with Gasteiger partial charge in [0.15, 0.2) is 12.1 Å². The Balaban J connectivity index is 1.23. The topological polar surface area (TPSA) is 65.1 Å². The molecule has 2 aromatic carbocycles. The predicted octanol–water partition coefficient (Wildman–Crippen LogP) is 4.49. The predicted molar refractivity (Wildman–Crippen MR) is 113 cm³/mol. The summed E-state index contributed by atoms with van der Waals surface area (Å²) in [5.41, 5.74) is 2.55. The van der Waals surface area contributed by atoms with E-state index >= 15 is 0 Å². The molecule has 0 N–H and O–H groups in total. The second kappa shape index (κ2) is 8.81. The van der Waals surface area contributed by atoms with Crippen LogP contribution < -0.4 is 0 Å². The number of carbonyl (C=O) groups excluding carboxylic acids is 2. The van der Waals surface area contributed by atoms with E-state index in [0.29, 0.717) is 31.6 Å². The summed E-state index contributed by atoms with van der Waals surface area (Å²) < 4.78 is 16.7. The van der Waals surface area contributed by atoms with Gasteiger partial charge in [-0.25, -0.2) is 4.79 Å². The lowest BCUT2D eigenvalue weighted by molar-refractivity contribution is -0.0441. The monoisotopic (exact) mass is 421 g/mol. The highest BCUT2D eigenvalue weighted by Crippen LogP contribution is 2.40. The average Bonchev–Trinajstić information content (AvgIpc) is 3.44. The zero-order valence-electron chi connectivity index (χ0n) is 17.4. The number of rotatable bonds is 5. The van der Waals surface area contributed by atoms with Crippen molar-refractivity contribution >= 4 is 11.9 Å². The van der Waals surface area contributed by atoms with Crippen molar-refractivity contribution in [1.82, 2.24) is 4.90 Å². The largest absolute Gasteiger partial charge is 0.445 e. The number of nitrogens with zero attached hydrogens (tertiary/aromatic N) is 1. The SMILES string of the molecule is O=C(c1cccc(C2OCCO2)c1)C1CC2CCC(C1)N2C(=O)OCc1ccccc1. The molecule has 2 unspecified atom stereocenters. The summed E-state index contributed by atoms with van der Waals surface area (Å²) in [6, 6.07) is 17.4. The molecule has 2 aromatic rings. The molecule has 0 spiro atoms. The van der Waals surface area contributed by atoms with Gasteiger partial charge in [0, 0.05) is 29.1 Å². The molecular formula is C25H27NO5. The Bertz CT molecular complexity index is 926. The zero-order valence-corrected chi connectivity index (χ0v) is 17.4. The van der Waals surface area contributed by atoms with Gasteiger partial charge in [0.2, 0.25) is 0 Å². The summed E-state index contributed by atoms with van der Waals surface area (Å²) in [6.45, 7) is 1.42. The molecule has 6 nitrogen and oxygen atoms in total. The molecule has 0 radical (unpaired) electrons. The Morgan fingerprint density at radius 2 is 1.65 bits per heavy atom. The van der Waals surface area contributed by atoms with Crippen LogP contribution in [0.1, 0.15) is 53.5 Å². The van der Waals surface area contributed by atoms with E-state index in [2.05, 4.69) is 0 Å². The molecule has 2 bridgehead atoms. The maximum absolute atomic E-state index is 13.3. The van der Waals surface area contributed by atoms with E-state index in [4.69, 9.17) is 14.2 Å². The highest BCUT2D eigenvalue weighted by atomic mass is 16.7. The summed E-state index contributed by atoms with van der Waals surface area (Å²) in [6.07, 6.45) is 2.59. The Morgan fingerprint density at radius 3 is 2.35 bits per heavy atom. The van der Waals surface area contributed by atoms with Crippen LogP contribution >= 0.6 is 0 Å². The number of amides is 1. The van der Waals surface area contributed by atoms with Crippen molar-refractivity contribution in [3.8, 4) is 0 Å². The van der Waals surface area contributed by atoms with Gasteiger partial charge >= 0.3 is 6.09 Å². The molecule has 1 amide bonds. The van der Waals surface area contributed by atoms with Crippen LogP contribution in [0.15, 0.2) is 54.6 Å². The minimum absolute atomic E-state index is 0.0701. The van der Waals surface area contributed by atoms with Crippen molar-refractivity contribution in [2.75, 3.05) is 13.2 Å². The minimum atomic E-state index is -0.384. The lowest BCUT2D eigenvalue weighted by Crippen LogP contribution is -2.48. The fraction of sp³-hybridized carbons (Fsp3) is 0.440. The molecule has 3 aliphatic rings. The van der Waals surface area contributed by atoms with Gasteiger partial charge in [-0.15, -0.1) is 0 Å². The van der Waals surface area contributed by atoms with E-state index in [1.165, 1.54) is 0 Å². The Hall–Kier alpha value is -2.70. The molecule has 0 aromatic heterocycles. The Morgan fingerprint density at radius 1 is 0.935 bits per heavy atom. The number of Topliss-reactive ketones (excluding diaryl/α,β-unsaturated/α-hetero) is 1. The van der Waals surface area contributed by atoms with E-state index in [1.54, 1.807) is 0 Å². The molecule has 0 saturated carbocycles. The standard InChI is InChI=1S/C25H27NO5/c27-23(18-7-4-8-19(13-18)24-29-11-12-30-24)20-14-21-9-10-22(15-20)26(21)25(28)31-16-17-5-2-1-3-6-17/h1-8,13,20-22,24H,9-12,14-16H2. The maximum atomic E-state index is 13.3. The molecule has 0 aliphatic carbocycles. The molecular weight excluding hydrogens is 394 g/mol. The molecule has 3 heterocycles. The first kappa shape index (κ1) is 20.2. The molecule has 5 rings (SSSR count). The highest BCUT2D eigenvalue weighted by Gasteiger charge is 2.46. The van der Waals surface area contributed by atoms with E-state index in [1.807, 2.05) is 59.5 Å². The van der Waals surface area contributed by atoms with Crippen LogP contribution in [-0.2, 0) is 20.8 Å². The van der Waals surface area contributed by atoms with E-state index in [9.17, 15) is 9.59 Å². The summed E-state index contributed by atoms with van der Waals surface area (Å²) >= 11 is 0. The minimum Gasteiger partial charge on any atom is -0.445 e. The number of ether oxygens (including phenoxy) is 3. The number of piperidine rings is 1. The van der Waals surface area contributed by atoms with E-state index in [0.717, 1.165) is 24.0 Å². The highest BCUT2D eigenvalue weighted by molar-refractivity contribution is 5.98. The summed E-state index contributed by atoms with van der Waals surface area (Å²) in [5, 5.41) is 0. The van der Waals surface area contributed by atoms with Gasteiger partial charge in [-0.2, -0.15) is 0 Å². The Labute approximate surface area is 182 Å². The summed E-state index contributed by atoms with van der Waals surface area (Å²) in [5.74, 6) is 0.0744. The number of fused-ring (bicyclic) bond motifs is 2. The molecule has 31 heavy (non-hydrogen) atoms. The lowest BCUT2D eigenvalue weighted by atomic mass is 9.84. The summed E-state index contributed by atoms with van der Waals surface area (Å²) in [7, 11) is 0. The van der Waals surface area contributed by atoms with Crippen LogP contribution in [0, 0.1) is 5.92 Å². The van der Waals surface area contributed by atoms with Gasteiger partial charge in [-0.1, -0.05) is 48.5 Å². The van der Waals surface area contributed by atoms with Crippen LogP contribution in [0.4, 0.5) is 4.79 Å². The van der Waals surface area contributed by atoms with Crippen molar-refractivity contribution in [3.05, 3.63) is 71.3 Å². The van der Waals surface area contributed by atoms with Gasteiger partial charge in [-0.05, 0) is 37.3 Å². The molecule has 3 aliphatic heterocycles. The first-order valence-electron chi connectivity index (χ1n) is 11.1. The third-order valence-corrected chi connectivity index (χ3v) is 6.58. The zero-order chi connectivity index (χ0) is 21.2. The van der Waals surface area contributed by atoms with Crippen LogP contribution in [0.2, 0.25) is 0 Å². The third-order valence-electron chi connectivity index (χ3n) is 6.58. The van der Waals surface area contributed by atoms with Crippen LogP contribution in [0.5, 0.6) is 0 Å². The molecule has 2 atom stereocenters. The lowest BCUT2D eigenvalue weighted by Gasteiger charge is -2.37. The number of hydrogen-bond donors (Lipinski definition) is 0. The second-order valence-corrected chi connectivity index (χ2v) is 8.56. The van der Waals surface area contributed by atoms with Gasteiger partial charge in [0.1, 0.15) is 6.61 Å². The fourth-order valence-corrected chi connectivity index (χ4v) is 5.11. The van der Waals surface area contributed by atoms with Crippen molar-refractivity contribution in [2.45, 2.75) is 50.7 Å². The van der Waals surface area contributed by atoms with Crippen LogP contribution in [-0.4, -0.2) is 42.1 Å². The Kier molecular flexibility index (Phi) is 5.74. The number of hydrogen-bond acceptors (Lipinski definition) is 5. The van der Waals surface area contributed by atoms with E-state index in [-0.39, 0.29) is 42.8 Å². The molecule has 6 heteroatoms. The van der Waals surface area contributed by atoms with Gasteiger partial charge in [0.25, 0.3) is 0 Å². The smallest absolute Gasteiger partial charge is 0.410 e. The maximum Gasteiger partial charge on any atom is 0.410 e. The first-order valence-corrected chi connectivity index (χ1v) is 11.1. The van der Waals surface area contributed by atoms with Gasteiger partial charge in [-0.3, -0.25) is 4.79 Å².